The van der Waals surface area contributed by atoms with E-state index in [1.165, 1.54) is 0 Å². The van der Waals surface area contributed by atoms with E-state index >= 15 is 0 Å². The van der Waals surface area contributed by atoms with E-state index in [9.17, 15) is 4.79 Å². The Morgan fingerprint density at radius 2 is 1.88 bits per heavy atom. The fraction of sp³-hybridized carbons (Fsp3) is 0.238. The van der Waals surface area contributed by atoms with Crippen LogP contribution in [-0.4, -0.2) is 30.1 Å². The van der Waals surface area contributed by atoms with Crippen molar-refractivity contribution in [3.05, 3.63) is 59.0 Å². The van der Waals surface area contributed by atoms with Crippen molar-refractivity contribution in [1.82, 2.24) is 10.1 Å². The lowest BCUT2D eigenvalue weighted by molar-refractivity contribution is 0.0817. The predicted molar refractivity (Wildman–Crippen MR) is 99.2 cm³/mol. The van der Waals surface area contributed by atoms with Crippen LogP contribution in [0.25, 0.3) is 22.3 Å². The fourth-order valence-corrected chi connectivity index (χ4v) is 3.72. The molecular weight excluding hydrogens is 328 g/mol. The van der Waals surface area contributed by atoms with Gasteiger partial charge in [0.15, 0.2) is 0 Å². The van der Waals surface area contributed by atoms with E-state index in [-0.39, 0.29) is 5.91 Å². The van der Waals surface area contributed by atoms with E-state index in [4.69, 9.17) is 9.26 Å². The molecule has 0 radical (unpaired) electrons. The molecule has 5 heteroatoms. The highest BCUT2D eigenvalue weighted by atomic mass is 16.5. The molecule has 0 saturated heterocycles. The van der Waals surface area contributed by atoms with Crippen molar-refractivity contribution < 1.29 is 14.1 Å². The zero-order chi connectivity index (χ0) is 18.4. The first-order valence-corrected chi connectivity index (χ1v) is 8.50. The van der Waals surface area contributed by atoms with Crippen molar-refractivity contribution in [2.45, 2.75) is 20.4 Å². The number of hydrogen-bond donors (Lipinski definition) is 0. The maximum atomic E-state index is 12.8. The summed E-state index contributed by atoms with van der Waals surface area (Å²) in [5.74, 6) is 1.55. The highest BCUT2D eigenvalue weighted by molar-refractivity contribution is 6.06. The molecule has 2 aromatic carbocycles. The zero-order valence-corrected chi connectivity index (χ0v) is 15.3. The van der Waals surface area contributed by atoms with Gasteiger partial charge in [0, 0.05) is 24.7 Å². The lowest BCUT2D eigenvalue weighted by atomic mass is 9.91. The number of carbonyl (C=O) groups excluding carboxylic acids is 1. The second-order valence-electron chi connectivity index (χ2n) is 6.62. The van der Waals surface area contributed by atoms with Gasteiger partial charge in [-0.15, -0.1) is 0 Å². The third kappa shape index (κ3) is 2.39. The average molecular weight is 348 g/mol. The Labute approximate surface area is 152 Å². The van der Waals surface area contributed by atoms with Gasteiger partial charge in [0.05, 0.1) is 18.4 Å². The Morgan fingerprint density at radius 1 is 1.12 bits per heavy atom. The van der Waals surface area contributed by atoms with Crippen molar-refractivity contribution in [3.8, 4) is 28.0 Å². The molecule has 1 aliphatic heterocycles. The summed E-state index contributed by atoms with van der Waals surface area (Å²) in [7, 11) is 3.47. The van der Waals surface area contributed by atoms with Crippen LogP contribution in [0.3, 0.4) is 0 Å². The van der Waals surface area contributed by atoms with E-state index in [1.807, 2.05) is 51.2 Å². The molecule has 0 spiro atoms. The number of fused-ring (bicyclic) bond motifs is 1. The molecule has 1 aliphatic rings. The molecule has 2 heterocycles. The van der Waals surface area contributed by atoms with E-state index in [0.717, 1.165) is 50.6 Å². The minimum absolute atomic E-state index is 0.0335. The molecule has 3 aromatic rings. The summed E-state index contributed by atoms with van der Waals surface area (Å²) in [4.78, 5) is 14.5. The molecular formula is C21H20N2O3. The fourth-order valence-electron chi connectivity index (χ4n) is 3.72. The number of ether oxygens (including phenoxy) is 1. The second-order valence-corrected chi connectivity index (χ2v) is 6.62. The summed E-state index contributed by atoms with van der Waals surface area (Å²) < 4.78 is 10.9. The average Bonchev–Trinajstić information content (AvgIpc) is 3.12. The molecule has 0 bridgehead atoms. The minimum atomic E-state index is 0.0335. The van der Waals surface area contributed by atoms with Gasteiger partial charge in [-0.2, -0.15) is 0 Å². The van der Waals surface area contributed by atoms with Gasteiger partial charge >= 0.3 is 0 Å². The molecule has 0 fully saturated rings. The SMILES string of the molecule is COc1ccccc1-c1cc(-c2c(C)noc2C)cc2c1C(=O)N(C)C2. The summed E-state index contributed by atoms with van der Waals surface area (Å²) in [5.41, 5.74) is 6.36. The van der Waals surface area contributed by atoms with Crippen LogP contribution in [-0.2, 0) is 6.54 Å². The van der Waals surface area contributed by atoms with Gasteiger partial charge in [-0.3, -0.25) is 4.79 Å². The maximum Gasteiger partial charge on any atom is 0.254 e. The van der Waals surface area contributed by atoms with Gasteiger partial charge in [0.1, 0.15) is 11.5 Å². The topological polar surface area (TPSA) is 55.6 Å². The van der Waals surface area contributed by atoms with Gasteiger partial charge < -0.3 is 14.2 Å². The van der Waals surface area contributed by atoms with Gasteiger partial charge in [0.25, 0.3) is 5.91 Å². The summed E-state index contributed by atoms with van der Waals surface area (Å²) >= 11 is 0. The Hall–Kier alpha value is -3.08. The number of aryl methyl sites for hydroxylation is 2. The van der Waals surface area contributed by atoms with Gasteiger partial charge in [0.2, 0.25) is 0 Å². The van der Waals surface area contributed by atoms with Crippen molar-refractivity contribution in [3.63, 3.8) is 0 Å². The first kappa shape index (κ1) is 16.4. The quantitative estimate of drug-likeness (QED) is 0.711. The third-order valence-corrected chi connectivity index (χ3v) is 4.91. The Balaban J connectivity index is 2.03. The van der Waals surface area contributed by atoms with Crippen LogP contribution in [0, 0.1) is 13.8 Å². The Kier molecular flexibility index (Phi) is 3.80. The number of rotatable bonds is 3. The van der Waals surface area contributed by atoms with Crippen molar-refractivity contribution in [2.75, 3.05) is 14.2 Å². The van der Waals surface area contributed by atoms with E-state index < -0.39 is 0 Å². The molecule has 5 nitrogen and oxygen atoms in total. The summed E-state index contributed by atoms with van der Waals surface area (Å²) in [6.07, 6.45) is 0. The summed E-state index contributed by atoms with van der Waals surface area (Å²) in [6.45, 7) is 4.43. The number of amides is 1. The number of carbonyl (C=O) groups is 1. The number of para-hydroxylation sites is 1. The first-order valence-electron chi connectivity index (χ1n) is 8.50. The maximum absolute atomic E-state index is 12.8. The lowest BCUT2D eigenvalue weighted by Crippen LogP contribution is -2.18. The van der Waals surface area contributed by atoms with Crippen LogP contribution in [0.5, 0.6) is 5.75 Å². The Morgan fingerprint density at radius 3 is 2.58 bits per heavy atom. The minimum Gasteiger partial charge on any atom is -0.496 e. The molecule has 1 amide bonds. The van der Waals surface area contributed by atoms with Crippen molar-refractivity contribution >= 4 is 5.91 Å². The highest BCUT2D eigenvalue weighted by Crippen LogP contribution is 2.41. The summed E-state index contributed by atoms with van der Waals surface area (Å²) in [6, 6.07) is 11.9. The first-order chi connectivity index (χ1) is 12.5. The predicted octanol–water partition coefficient (Wildman–Crippen LogP) is 4.22. The number of nitrogens with zero attached hydrogens (tertiary/aromatic N) is 2. The molecule has 1 aromatic heterocycles. The number of methoxy groups -OCH3 is 1. The Bertz CT molecular complexity index is 1000. The van der Waals surface area contributed by atoms with Gasteiger partial charge in [-0.05, 0) is 48.7 Å². The molecule has 0 unspecified atom stereocenters. The standard InChI is InChI=1S/C21H20N2O3/c1-12-19(13(2)26-22-12)14-9-15-11-23(3)21(24)20(15)17(10-14)16-7-5-6-8-18(16)25-4/h5-10H,11H2,1-4H3. The molecule has 132 valence electrons. The van der Waals surface area contributed by atoms with Crippen LogP contribution in [0.15, 0.2) is 40.9 Å². The van der Waals surface area contributed by atoms with Crippen LogP contribution >= 0.6 is 0 Å². The van der Waals surface area contributed by atoms with Gasteiger partial charge in [-0.25, -0.2) is 0 Å². The molecule has 0 atom stereocenters. The lowest BCUT2D eigenvalue weighted by Gasteiger charge is -2.14. The number of benzene rings is 2. The monoisotopic (exact) mass is 348 g/mol. The van der Waals surface area contributed by atoms with Gasteiger partial charge in [-0.1, -0.05) is 23.4 Å². The highest BCUT2D eigenvalue weighted by Gasteiger charge is 2.30. The summed E-state index contributed by atoms with van der Waals surface area (Å²) in [5, 5.41) is 4.08. The van der Waals surface area contributed by atoms with Crippen LogP contribution in [0.4, 0.5) is 0 Å². The van der Waals surface area contributed by atoms with E-state index in [0.29, 0.717) is 6.54 Å². The molecule has 0 saturated carbocycles. The zero-order valence-electron chi connectivity index (χ0n) is 15.3. The number of aromatic nitrogens is 1. The smallest absolute Gasteiger partial charge is 0.254 e. The van der Waals surface area contributed by atoms with Crippen molar-refractivity contribution in [2.24, 2.45) is 0 Å². The molecule has 26 heavy (non-hydrogen) atoms. The second kappa shape index (κ2) is 6.02. The third-order valence-electron chi connectivity index (χ3n) is 4.91. The molecule has 0 aliphatic carbocycles. The normalized spacial score (nSPS) is 13.2. The van der Waals surface area contributed by atoms with Crippen LogP contribution < -0.4 is 4.74 Å². The molecule has 4 rings (SSSR count). The molecule has 0 N–H and O–H groups in total. The van der Waals surface area contributed by atoms with E-state index in [2.05, 4.69) is 11.2 Å². The van der Waals surface area contributed by atoms with E-state index in [1.54, 1.807) is 12.0 Å². The van der Waals surface area contributed by atoms with Crippen molar-refractivity contribution in [1.29, 1.82) is 0 Å². The van der Waals surface area contributed by atoms with Crippen LogP contribution in [0.2, 0.25) is 0 Å². The number of hydrogen-bond acceptors (Lipinski definition) is 4. The largest absolute Gasteiger partial charge is 0.496 e. The van der Waals surface area contributed by atoms with Crippen LogP contribution in [0.1, 0.15) is 27.4 Å².